The number of hydrogen-bond acceptors (Lipinski definition) is 4. The van der Waals surface area contributed by atoms with Crippen LogP contribution in [0.2, 0.25) is 0 Å². The highest BCUT2D eigenvalue weighted by molar-refractivity contribution is 5.95. The van der Waals surface area contributed by atoms with Crippen molar-refractivity contribution in [1.82, 2.24) is 0 Å². The molecule has 0 radical (unpaired) electrons. The maximum atomic E-state index is 11.7. The zero-order valence-electron chi connectivity index (χ0n) is 12.1. The second kappa shape index (κ2) is 6.92. The van der Waals surface area contributed by atoms with Gasteiger partial charge in [0.2, 0.25) is 5.91 Å². The Morgan fingerprint density at radius 1 is 1.43 bits per heavy atom. The zero-order chi connectivity index (χ0) is 15.2. The lowest BCUT2D eigenvalue weighted by Gasteiger charge is -2.16. The van der Waals surface area contributed by atoms with E-state index in [9.17, 15) is 9.59 Å². The molecule has 1 heterocycles. The van der Waals surface area contributed by atoms with Crippen LogP contribution in [0.25, 0.3) is 0 Å². The quantitative estimate of drug-likeness (QED) is 0.595. The van der Waals surface area contributed by atoms with E-state index in [4.69, 9.17) is 9.47 Å². The third kappa shape index (κ3) is 3.84. The van der Waals surface area contributed by atoms with Crippen molar-refractivity contribution in [1.29, 1.82) is 0 Å². The molecule has 5 heteroatoms. The van der Waals surface area contributed by atoms with Gasteiger partial charge in [0.1, 0.15) is 12.4 Å². The molecule has 112 valence electrons. The van der Waals surface area contributed by atoms with Gasteiger partial charge in [-0.2, -0.15) is 0 Å². The van der Waals surface area contributed by atoms with Gasteiger partial charge in [-0.3, -0.25) is 4.79 Å². The Balaban J connectivity index is 1.97. The topological polar surface area (TPSA) is 55.8 Å². The molecule has 2 rings (SSSR count). The third-order valence-electron chi connectivity index (χ3n) is 3.18. The number of carbonyl (C=O) groups excluding carboxylic acids is 2. The van der Waals surface area contributed by atoms with Gasteiger partial charge in [0, 0.05) is 24.7 Å². The molecular formula is C16H19NO4. The second-order valence-corrected chi connectivity index (χ2v) is 4.76. The summed E-state index contributed by atoms with van der Waals surface area (Å²) in [7, 11) is 0. The molecule has 0 unspecified atom stereocenters. The first kappa shape index (κ1) is 15.1. The van der Waals surface area contributed by atoms with Gasteiger partial charge in [0.05, 0.1) is 12.2 Å². The van der Waals surface area contributed by atoms with Crippen LogP contribution in [0.1, 0.15) is 19.8 Å². The number of ether oxygens (including phenoxy) is 2. The molecule has 1 aromatic rings. The summed E-state index contributed by atoms with van der Waals surface area (Å²) in [6.07, 6.45) is 1.47. The van der Waals surface area contributed by atoms with E-state index in [0.717, 1.165) is 18.7 Å². The van der Waals surface area contributed by atoms with Crippen molar-refractivity contribution in [2.45, 2.75) is 19.8 Å². The summed E-state index contributed by atoms with van der Waals surface area (Å²) in [6, 6.07) is 7.27. The highest BCUT2D eigenvalue weighted by Gasteiger charge is 2.21. The van der Waals surface area contributed by atoms with Crippen LogP contribution in [-0.2, 0) is 14.3 Å². The number of benzene rings is 1. The summed E-state index contributed by atoms with van der Waals surface area (Å²) >= 11 is 0. The summed E-state index contributed by atoms with van der Waals surface area (Å²) in [5, 5.41) is 0. The Labute approximate surface area is 124 Å². The molecule has 0 N–H and O–H groups in total. The van der Waals surface area contributed by atoms with Gasteiger partial charge < -0.3 is 14.4 Å². The molecule has 21 heavy (non-hydrogen) atoms. The monoisotopic (exact) mass is 289 g/mol. The SMILES string of the molecule is C=C(COc1cccc(N2CCCC2=O)c1)C(=O)OCC. The molecule has 0 aliphatic carbocycles. The molecule has 1 aliphatic heterocycles. The average Bonchev–Trinajstić information content (AvgIpc) is 2.91. The molecule has 1 fully saturated rings. The highest BCUT2D eigenvalue weighted by Crippen LogP contribution is 2.25. The van der Waals surface area contributed by atoms with Crippen LogP contribution in [0.3, 0.4) is 0 Å². The highest BCUT2D eigenvalue weighted by atomic mass is 16.5. The average molecular weight is 289 g/mol. The molecule has 1 saturated heterocycles. The van der Waals surface area contributed by atoms with Crippen LogP contribution >= 0.6 is 0 Å². The molecule has 0 spiro atoms. The minimum Gasteiger partial charge on any atom is -0.489 e. The van der Waals surface area contributed by atoms with E-state index in [1.807, 2.05) is 12.1 Å². The molecule has 1 aliphatic rings. The van der Waals surface area contributed by atoms with Crippen LogP contribution < -0.4 is 9.64 Å². The lowest BCUT2D eigenvalue weighted by Crippen LogP contribution is -2.23. The first-order valence-corrected chi connectivity index (χ1v) is 7.00. The standard InChI is InChI=1S/C16H19NO4/c1-3-20-16(19)12(2)11-21-14-7-4-6-13(10-14)17-9-5-8-15(17)18/h4,6-7,10H,2-3,5,8-9,11H2,1H3. The Bertz CT molecular complexity index is 553. The summed E-state index contributed by atoms with van der Waals surface area (Å²) in [5.41, 5.74) is 1.08. The van der Waals surface area contributed by atoms with E-state index in [1.165, 1.54) is 0 Å². The minimum atomic E-state index is -0.455. The van der Waals surface area contributed by atoms with Crippen LogP contribution in [0.4, 0.5) is 5.69 Å². The lowest BCUT2D eigenvalue weighted by atomic mass is 10.2. The summed E-state index contributed by atoms with van der Waals surface area (Å²) in [6.45, 7) is 6.48. The van der Waals surface area contributed by atoms with E-state index in [1.54, 1.807) is 24.0 Å². The van der Waals surface area contributed by atoms with E-state index < -0.39 is 5.97 Å². The maximum absolute atomic E-state index is 11.7. The van der Waals surface area contributed by atoms with Crippen LogP contribution in [0.15, 0.2) is 36.4 Å². The first-order chi connectivity index (χ1) is 10.1. The van der Waals surface area contributed by atoms with E-state index >= 15 is 0 Å². The molecular weight excluding hydrogens is 270 g/mol. The number of esters is 1. The van der Waals surface area contributed by atoms with Gasteiger partial charge in [0.15, 0.2) is 0 Å². The first-order valence-electron chi connectivity index (χ1n) is 7.00. The number of rotatable bonds is 6. The van der Waals surface area contributed by atoms with Crippen LogP contribution in [0, 0.1) is 0 Å². The van der Waals surface area contributed by atoms with E-state index in [-0.39, 0.29) is 18.1 Å². The molecule has 0 aromatic heterocycles. The van der Waals surface area contributed by atoms with Gasteiger partial charge in [-0.05, 0) is 25.5 Å². The van der Waals surface area contributed by atoms with Crippen LogP contribution in [0.5, 0.6) is 5.75 Å². The molecule has 1 aromatic carbocycles. The van der Waals surface area contributed by atoms with Crippen molar-refractivity contribution < 1.29 is 19.1 Å². The smallest absolute Gasteiger partial charge is 0.336 e. The Kier molecular flexibility index (Phi) is 4.98. The van der Waals surface area contributed by atoms with Gasteiger partial charge in [0.25, 0.3) is 0 Å². The molecule has 5 nitrogen and oxygen atoms in total. The number of carbonyl (C=O) groups is 2. The summed E-state index contributed by atoms with van der Waals surface area (Å²) in [5.74, 6) is 0.268. The Morgan fingerprint density at radius 3 is 2.90 bits per heavy atom. The second-order valence-electron chi connectivity index (χ2n) is 4.76. The van der Waals surface area contributed by atoms with Crippen molar-refractivity contribution >= 4 is 17.6 Å². The maximum Gasteiger partial charge on any atom is 0.336 e. The van der Waals surface area contributed by atoms with Gasteiger partial charge in [-0.15, -0.1) is 0 Å². The normalized spacial score (nSPS) is 14.1. The fourth-order valence-corrected chi connectivity index (χ4v) is 2.12. The fraction of sp³-hybridized carbons (Fsp3) is 0.375. The number of hydrogen-bond donors (Lipinski definition) is 0. The van der Waals surface area contributed by atoms with Gasteiger partial charge in [-0.25, -0.2) is 4.79 Å². The summed E-state index contributed by atoms with van der Waals surface area (Å²) in [4.78, 5) is 24.9. The zero-order valence-corrected chi connectivity index (χ0v) is 12.1. The number of amides is 1. The van der Waals surface area contributed by atoms with Crippen molar-refractivity contribution in [3.8, 4) is 5.75 Å². The molecule has 0 atom stereocenters. The number of anilines is 1. The van der Waals surface area contributed by atoms with Crippen molar-refractivity contribution in [3.63, 3.8) is 0 Å². The van der Waals surface area contributed by atoms with Crippen molar-refractivity contribution in [3.05, 3.63) is 36.4 Å². The number of nitrogens with zero attached hydrogens (tertiary/aromatic N) is 1. The van der Waals surface area contributed by atoms with Crippen molar-refractivity contribution in [2.24, 2.45) is 0 Å². The van der Waals surface area contributed by atoms with Crippen molar-refractivity contribution in [2.75, 3.05) is 24.7 Å². The largest absolute Gasteiger partial charge is 0.489 e. The predicted octanol–water partition coefficient (Wildman–Crippen LogP) is 2.31. The van der Waals surface area contributed by atoms with Crippen LogP contribution in [-0.4, -0.2) is 31.6 Å². The minimum absolute atomic E-state index is 0.0657. The Morgan fingerprint density at radius 2 is 2.24 bits per heavy atom. The third-order valence-corrected chi connectivity index (χ3v) is 3.18. The van der Waals surface area contributed by atoms with Gasteiger partial charge in [-0.1, -0.05) is 12.6 Å². The lowest BCUT2D eigenvalue weighted by molar-refractivity contribution is -0.138. The van der Waals surface area contributed by atoms with Gasteiger partial charge >= 0.3 is 5.97 Å². The van der Waals surface area contributed by atoms with E-state index in [2.05, 4.69) is 6.58 Å². The fourth-order valence-electron chi connectivity index (χ4n) is 2.12. The molecule has 0 bridgehead atoms. The summed E-state index contributed by atoms with van der Waals surface area (Å²) < 4.78 is 10.4. The predicted molar refractivity (Wildman–Crippen MR) is 79.3 cm³/mol. The van der Waals surface area contributed by atoms with E-state index in [0.29, 0.717) is 18.8 Å². The Hall–Kier alpha value is -2.30. The molecule has 0 saturated carbocycles. The molecule has 1 amide bonds.